The molecule has 6 aromatic rings. The van der Waals surface area contributed by atoms with Crippen LogP contribution in [-0.4, -0.2) is 0 Å². The quantitative estimate of drug-likeness (QED) is 0.182. The largest absolute Gasteiger partial charge is 0.364 e. The number of benzene rings is 6. The topological polar surface area (TPSA) is 9.23 Å². The van der Waals surface area contributed by atoms with E-state index in [2.05, 4.69) is 152 Å². The lowest BCUT2D eigenvalue weighted by atomic mass is 9.76. The fourth-order valence-corrected chi connectivity index (χ4v) is 7.38. The highest BCUT2D eigenvalue weighted by molar-refractivity contribution is 6.07. The Bertz CT molecular complexity index is 1690. The second-order valence-electron chi connectivity index (χ2n) is 14.3. The van der Waals surface area contributed by atoms with E-state index in [1.807, 2.05) is 0 Å². The molecule has 0 radical (unpaired) electrons. The molecule has 2 atom stereocenters. The van der Waals surface area contributed by atoms with Crippen molar-refractivity contribution in [2.75, 3.05) is 0 Å². The normalized spacial score (nSPS) is 14.1. The average Bonchev–Trinajstić information content (AvgIpc) is 2.99. The summed E-state index contributed by atoms with van der Waals surface area (Å²) in [5.41, 5.74) is 5.15. The van der Waals surface area contributed by atoms with Crippen LogP contribution in [0.3, 0.4) is 0 Å². The van der Waals surface area contributed by atoms with Crippen molar-refractivity contribution < 1.29 is 4.74 Å². The molecular formula is C42H46O. The van der Waals surface area contributed by atoms with Crippen LogP contribution in [0.25, 0.3) is 43.1 Å². The lowest BCUT2D eigenvalue weighted by Crippen LogP contribution is -2.30. The summed E-state index contributed by atoms with van der Waals surface area (Å²) in [6.45, 7) is 18.6. The molecule has 0 unspecified atom stereocenters. The summed E-state index contributed by atoms with van der Waals surface area (Å²) in [6.07, 6.45) is 1.71. The van der Waals surface area contributed by atoms with Crippen molar-refractivity contribution in [1.29, 1.82) is 0 Å². The van der Waals surface area contributed by atoms with Gasteiger partial charge in [-0.05, 0) is 89.0 Å². The van der Waals surface area contributed by atoms with E-state index in [4.69, 9.17) is 4.74 Å². The Morgan fingerprint density at radius 1 is 0.419 bits per heavy atom. The maximum atomic E-state index is 7.73. The van der Waals surface area contributed by atoms with Crippen LogP contribution in [0.1, 0.15) is 89.9 Å². The zero-order valence-electron chi connectivity index (χ0n) is 27.2. The number of aryl methyl sites for hydroxylation is 2. The molecule has 43 heavy (non-hydrogen) atoms. The number of fused-ring (bicyclic) bond motifs is 4. The Kier molecular flexibility index (Phi) is 7.59. The second-order valence-corrected chi connectivity index (χ2v) is 14.3. The number of hydrogen-bond acceptors (Lipinski definition) is 1. The van der Waals surface area contributed by atoms with Gasteiger partial charge in [0.1, 0.15) is 0 Å². The van der Waals surface area contributed by atoms with E-state index < -0.39 is 0 Å². The first-order chi connectivity index (χ1) is 20.6. The van der Waals surface area contributed by atoms with Crippen LogP contribution in [0, 0.1) is 10.8 Å². The summed E-state index contributed by atoms with van der Waals surface area (Å²) in [5, 5.41) is 10.6. The van der Waals surface area contributed by atoms with Gasteiger partial charge >= 0.3 is 0 Å². The van der Waals surface area contributed by atoms with Gasteiger partial charge < -0.3 is 4.74 Å². The van der Waals surface area contributed by atoms with Gasteiger partial charge in [0.15, 0.2) is 0 Å². The Balaban J connectivity index is 1.69. The molecule has 0 heterocycles. The molecule has 6 rings (SSSR count). The van der Waals surface area contributed by atoms with Gasteiger partial charge in [-0.15, -0.1) is 0 Å². The summed E-state index contributed by atoms with van der Waals surface area (Å²) in [6, 6.07) is 35.9. The molecule has 0 spiro atoms. The molecule has 6 aromatic carbocycles. The van der Waals surface area contributed by atoms with Crippen LogP contribution in [0.4, 0.5) is 0 Å². The van der Waals surface area contributed by atoms with E-state index in [0.29, 0.717) is 0 Å². The highest BCUT2D eigenvalue weighted by Gasteiger charge is 2.39. The molecule has 220 valence electrons. The fraction of sp³-hybridized carbons (Fsp3) is 0.333. The van der Waals surface area contributed by atoms with Crippen molar-refractivity contribution in [3.63, 3.8) is 0 Å². The van der Waals surface area contributed by atoms with Crippen molar-refractivity contribution in [1.82, 2.24) is 0 Å². The van der Waals surface area contributed by atoms with E-state index >= 15 is 0 Å². The standard InChI is InChI=1S/C42H46O/c1-9-27-29-19-11-15-23-33(29)37(34-24-16-12-20-30(27)34)39(41(3,4)5)43-40(42(6,7)8)38-35-25-17-13-21-31(35)28(10-2)32-22-14-18-26-36(32)38/h11-26,39-40H,9-10H2,1-8H3/t39-,40-/m1/s1. The summed E-state index contributed by atoms with van der Waals surface area (Å²) >= 11 is 0. The van der Waals surface area contributed by atoms with Crippen LogP contribution in [-0.2, 0) is 17.6 Å². The van der Waals surface area contributed by atoms with Crippen molar-refractivity contribution in [3.8, 4) is 0 Å². The second kappa shape index (κ2) is 11.1. The molecule has 0 N–H and O–H groups in total. The van der Waals surface area contributed by atoms with Gasteiger partial charge in [0, 0.05) is 0 Å². The maximum Gasteiger partial charge on any atom is 0.0893 e. The molecule has 0 aliphatic rings. The molecule has 0 amide bonds. The first kappa shape index (κ1) is 29.4. The van der Waals surface area contributed by atoms with Gasteiger partial charge in [-0.2, -0.15) is 0 Å². The Labute approximate surface area is 257 Å². The van der Waals surface area contributed by atoms with Gasteiger partial charge in [-0.3, -0.25) is 0 Å². The summed E-state index contributed by atoms with van der Waals surface area (Å²) < 4.78 is 7.73. The molecule has 0 aromatic heterocycles. The van der Waals surface area contributed by atoms with Crippen LogP contribution in [0.5, 0.6) is 0 Å². The molecule has 0 saturated heterocycles. The van der Waals surface area contributed by atoms with Gasteiger partial charge in [-0.1, -0.05) is 152 Å². The molecule has 0 saturated carbocycles. The highest BCUT2D eigenvalue weighted by Crippen LogP contribution is 2.52. The minimum absolute atomic E-state index is 0.138. The van der Waals surface area contributed by atoms with Crippen molar-refractivity contribution in [2.45, 2.75) is 80.4 Å². The molecule has 0 aliphatic heterocycles. The Morgan fingerprint density at radius 2 is 0.651 bits per heavy atom. The van der Waals surface area contributed by atoms with Crippen LogP contribution < -0.4 is 0 Å². The van der Waals surface area contributed by atoms with E-state index in [0.717, 1.165) is 12.8 Å². The minimum atomic E-state index is -0.155. The fourth-order valence-electron chi connectivity index (χ4n) is 7.38. The third-order valence-electron chi connectivity index (χ3n) is 9.25. The number of hydrogen-bond donors (Lipinski definition) is 0. The van der Waals surface area contributed by atoms with Crippen LogP contribution in [0.2, 0.25) is 0 Å². The average molecular weight is 567 g/mol. The van der Waals surface area contributed by atoms with Crippen molar-refractivity contribution >= 4 is 43.1 Å². The molecule has 0 bridgehead atoms. The van der Waals surface area contributed by atoms with E-state index in [1.165, 1.54) is 65.3 Å². The van der Waals surface area contributed by atoms with Gasteiger partial charge in [0.25, 0.3) is 0 Å². The third kappa shape index (κ3) is 5.02. The molecule has 0 aliphatic carbocycles. The number of rotatable bonds is 6. The predicted octanol–water partition coefficient (Wildman–Crippen LogP) is 12.3. The van der Waals surface area contributed by atoms with E-state index in [-0.39, 0.29) is 23.0 Å². The van der Waals surface area contributed by atoms with E-state index in [1.54, 1.807) is 0 Å². The van der Waals surface area contributed by atoms with Crippen molar-refractivity contribution in [3.05, 3.63) is 119 Å². The maximum absolute atomic E-state index is 7.73. The molecule has 1 heteroatoms. The highest BCUT2D eigenvalue weighted by atomic mass is 16.5. The van der Waals surface area contributed by atoms with Gasteiger partial charge in [-0.25, -0.2) is 0 Å². The van der Waals surface area contributed by atoms with Crippen molar-refractivity contribution in [2.24, 2.45) is 10.8 Å². The first-order valence-electron chi connectivity index (χ1n) is 16.1. The smallest absolute Gasteiger partial charge is 0.0893 e. The van der Waals surface area contributed by atoms with Crippen LogP contribution in [0.15, 0.2) is 97.1 Å². The first-order valence-corrected chi connectivity index (χ1v) is 16.1. The number of ether oxygens (including phenoxy) is 1. The SMILES string of the molecule is CCc1c2ccccc2c([C@@H](O[C@H](c2c3ccccc3c(CC)c3ccccc23)C(C)(C)C)C(C)(C)C)c2ccccc12. The lowest BCUT2D eigenvalue weighted by molar-refractivity contribution is -0.110. The monoisotopic (exact) mass is 566 g/mol. The Morgan fingerprint density at radius 3 is 0.860 bits per heavy atom. The zero-order valence-corrected chi connectivity index (χ0v) is 27.2. The zero-order chi connectivity index (χ0) is 30.5. The molecule has 1 nitrogen and oxygen atoms in total. The third-order valence-corrected chi connectivity index (χ3v) is 9.25. The minimum Gasteiger partial charge on any atom is -0.364 e. The predicted molar refractivity (Wildman–Crippen MR) is 187 cm³/mol. The van der Waals surface area contributed by atoms with Gasteiger partial charge in [0.2, 0.25) is 0 Å². The summed E-state index contributed by atoms with van der Waals surface area (Å²) in [4.78, 5) is 0. The Hall–Kier alpha value is -3.68. The van der Waals surface area contributed by atoms with E-state index in [9.17, 15) is 0 Å². The van der Waals surface area contributed by atoms with Gasteiger partial charge in [0.05, 0.1) is 12.2 Å². The lowest BCUT2D eigenvalue weighted by Gasteiger charge is -2.41. The van der Waals surface area contributed by atoms with Crippen LogP contribution >= 0.6 is 0 Å². The summed E-state index contributed by atoms with van der Waals surface area (Å²) in [7, 11) is 0. The molecule has 0 fully saturated rings. The summed E-state index contributed by atoms with van der Waals surface area (Å²) in [5.74, 6) is 0. The molecular weight excluding hydrogens is 520 g/mol.